The second kappa shape index (κ2) is 4.09. The first-order valence-electron chi connectivity index (χ1n) is 4.94. The molecule has 0 bridgehead atoms. The van der Waals surface area contributed by atoms with E-state index in [1.165, 1.54) is 13.8 Å². The van der Waals surface area contributed by atoms with E-state index in [1.54, 1.807) is 0 Å². The maximum atomic E-state index is 11.4. The van der Waals surface area contributed by atoms with E-state index in [4.69, 9.17) is 5.11 Å². The van der Waals surface area contributed by atoms with Crippen molar-refractivity contribution < 1.29 is 18.3 Å². The molecule has 1 fully saturated rings. The Morgan fingerprint density at radius 2 is 2.00 bits per heavy atom. The Labute approximate surface area is 89.9 Å². The summed E-state index contributed by atoms with van der Waals surface area (Å²) < 4.78 is 25.2. The van der Waals surface area contributed by atoms with Gasteiger partial charge in [-0.05, 0) is 32.6 Å². The molecule has 2 N–H and O–H groups in total. The van der Waals surface area contributed by atoms with Gasteiger partial charge in [0.1, 0.15) is 0 Å². The summed E-state index contributed by atoms with van der Waals surface area (Å²) in [4.78, 5) is 10.7. The number of carbonyl (C=O) groups is 1. The molecule has 0 aromatic heterocycles. The highest BCUT2D eigenvalue weighted by molar-refractivity contribution is 7.89. The first kappa shape index (κ1) is 12.4. The zero-order chi connectivity index (χ0) is 11.7. The second-order valence-electron chi connectivity index (χ2n) is 4.73. The molecule has 15 heavy (non-hydrogen) atoms. The largest absolute Gasteiger partial charge is 0.481 e. The van der Waals surface area contributed by atoms with E-state index in [2.05, 4.69) is 4.72 Å². The fourth-order valence-electron chi connectivity index (χ4n) is 1.02. The van der Waals surface area contributed by atoms with Crippen molar-refractivity contribution in [2.75, 3.05) is 12.3 Å². The number of sulfonamides is 1. The fraction of sp³-hybridized carbons (Fsp3) is 0.889. The molecule has 0 aromatic rings. The Balaban J connectivity index is 2.44. The molecule has 6 heteroatoms. The zero-order valence-electron chi connectivity index (χ0n) is 8.99. The molecular weight excluding hydrogens is 218 g/mol. The van der Waals surface area contributed by atoms with Crippen LogP contribution in [0.15, 0.2) is 0 Å². The van der Waals surface area contributed by atoms with Crippen molar-refractivity contribution in [2.24, 2.45) is 11.3 Å². The van der Waals surface area contributed by atoms with E-state index in [9.17, 15) is 13.2 Å². The quantitative estimate of drug-likeness (QED) is 0.699. The van der Waals surface area contributed by atoms with Crippen LogP contribution in [0.5, 0.6) is 0 Å². The summed E-state index contributed by atoms with van der Waals surface area (Å²) in [6.45, 7) is 2.93. The fourth-order valence-corrected chi connectivity index (χ4v) is 2.67. The van der Waals surface area contributed by atoms with Crippen molar-refractivity contribution in [3.63, 3.8) is 0 Å². The smallest absolute Gasteiger partial charge is 0.310 e. The van der Waals surface area contributed by atoms with E-state index < -0.39 is 21.4 Å². The van der Waals surface area contributed by atoms with Gasteiger partial charge < -0.3 is 5.11 Å². The molecule has 1 rings (SSSR count). The Morgan fingerprint density at radius 1 is 1.47 bits per heavy atom. The number of carboxylic acids is 1. The summed E-state index contributed by atoms with van der Waals surface area (Å²) in [5.41, 5.74) is -1.06. The van der Waals surface area contributed by atoms with Crippen molar-refractivity contribution >= 4 is 16.0 Å². The predicted octanol–water partition coefficient (Wildman–Crippen LogP) is 0.427. The lowest BCUT2D eigenvalue weighted by Gasteiger charge is -2.19. The molecule has 0 amide bonds. The monoisotopic (exact) mass is 235 g/mol. The van der Waals surface area contributed by atoms with Crippen LogP contribution in [0, 0.1) is 11.3 Å². The predicted molar refractivity (Wildman–Crippen MR) is 55.9 cm³/mol. The molecular formula is C9H17NO4S. The van der Waals surface area contributed by atoms with Crippen LogP contribution >= 0.6 is 0 Å². The SMILES string of the molecule is CC(C)(CNS(=O)(=O)CC1CC1)C(=O)O. The lowest BCUT2D eigenvalue weighted by Crippen LogP contribution is -2.40. The Morgan fingerprint density at radius 3 is 2.40 bits per heavy atom. The Kier molecular flexibility index (Phi) is 3.40. The van der Waals surface area contributed by atoms with E-state index in [-0.39, 0.29) is 18.2 Å². The lowest BCUT2D eigenvalue weighted by atomic mass is 9.95. The Hall–Kier alpha value is -0.620. The topological polar surface area (TPSA) is 83.5 Å². The lowest BCUT2D eigenvalue weighted by molar-refractivity contribution is -0.146. The number of aliphatic carboxylic acids is 1. The minimum Gasteiger partial charge on any atom is -0.481 e. The average Bonchev–Trinajstić information content (AvgIpc) is 2.84. The third-order valence-corrected chi connectivity index (χ3v) is 3.96. The van der Waals surface area contributed by atoms with E-state index in [0.29, 0.717) is 0 Å². The molecule has 0 radical (unpaired) electrons. The molecule has 0 spiro atoms. The van der Waals surface area contributed by atoms with Crippen LogP contribution in [0.2, 0.25) is 0 Å². The van der Waals surface area contributed by atoms with Gasteiger partial charge in [-0.2, -0.15) is 0 Å². The third kappa shape index (κ3) is 4.17. The van der Waals surface area contributed by atoms with Crippen LogP contribution in [0.25, 0.3) is 0 Å². The number of nitrogens with one attached hydrogen (secondary N) is 1. The molecule has 88 valence electrons. The van der Waals surface area contributed by atoms with Gasteiger partial charge in [0.05, 0.1) is 11.2 Å². The molecule has 0 unspecified atom stereocenters. The summed E-state index contributed by atoms with van der Waals surface area (Å²) >= 11 is 0. The molecule has 0 aliphatic heterocycles. The van der Waals surface area contributed by atoms with Crippen LogP contribution in [-0.4, -0.2) is 31.8 Å². The van der Waals surface area contributed by atoms with E-state index >= 15 is 0 Å². The molecule has 1 saturated carbocycles. The minimum atomic E-state index is -3.30. The first-order chi connectivity index (χ1) is 6.73. The average molecular weight is 235 g/mol. The molecule has 5 nitrogen and oxygen atoms in total. The molecule has 0 aromatic carbocycles. The van der Waals surface area contributed by atoms with Crippen LogP contribution in [0.1, 0.15) is 26.7 Å². The van der Waals surface area contributed by atoms with Crippen molar-refractivity contribution in [1.82, 2.24) is 4.72 Å². The number of rotatable bonds is 6. The van der Waals surface area contributed by atoms with Gasteiger partial charge in [-0.25, -0.2) is 13.1 Å². The highest BCUT2D eigenvalue weighted by atomic mass is 32.2. The van der Waals surface area contributed by atoms with Crippen LogP contribution in [0.4, 0.5) is 0 Å². The van der Waals surface area contributed by atoms with Gasteiger partial charge in [0, 0.05) is 6.54 Å². The van der Waals surface area contributed by atoms with Gasteiger partial charge in [-0.3, -0.25) is 4.79 Å². The number of hydrogen-bond donors (Lipinski definition) is 2. The molecule has 0 saturated heterocycles. The van der Waals surface area contributed by atoms with Gasteiger partial charge in [-0.15, -0.1) is 0 Å². The maximum Gasteiger partial charge on any atom is 0.310 e. The van der Waals surface area contributed by atoms with E-state index in [0.717, 1.165) is 12.8 Å². The highest BCUT2D eigenvalue weighted by Crippen LogP contribution is 2.30. The summed E-state index contributed by atoms with van der Waals surface area (Å²) in [5.74, 6) is -0.602. The van der Waals surface area contributed by atoms with Crippen molar-refractivity contribution in [1.29, 1.82) is 0 Å². The standard InChI is InChI=1S/C9H17NO4S/c1-9(2,8(11)12)6-10-15(13,14)5-7-3-4-7/h7,10H,3-6H2,1-2H3,(H,11,12). The molecule has 0 heterocycles. The highest BCUT2D eigenvalue weighted by Gasteiger charge is 2.32. The normalized spacial score (nSPS) is 17.7. The third-order valence-electron chi connectivity index (χ3n) is 2.47. The van der Waals surface area contributed by atoms with Crippen LogP contribution < -0.4 is 4.72 Å². The van der Waals surface area contributed by atoms with Gasteiger partial charge >= 0.3 is 5.97 Å². The van der Waals surface area contributed by atoms with Crippen molar-refractivity contribution in [3.05, 3.63) is 0 Å². The minimum absolute atomic E-state index is 0.0581. The number of hydrogen-bond acceptors (Lipinski definition) is 3. The van der Waals surface area contributed by atoms with Crippen LogP contribution in [0.3, 0.4) is 0 Å². The summed E-state index contributed by atoms with van der Waals surface area (Å²) in [5, 5.41) is 8.80. The molecule has 0 atom stereocenters. The van der Waals surface area contributed by atoms with Gasteiger partial charge in [0.25, 0.3) is 0 Å². The molecule has 1 aliphatic carbocycles. The zero-order valence-corrected chi connectivity index (χ0v) is 9.80. The van der Waals surface area contributed by atoms with Crippen molar-refractivity contribution in [3.8, 4) is 0 Å². The van der Waals surface area contributed by atoms with E-state index in [1.807, 2.05) is 0 Å². The summed E-state index contributed by atoms with van der Waals surface area (Å²) in [6.07, 6.45) is 1.92. The van der Waals surface area contributed by atoms with Crippen LogP contribution in [-0.2, 0) is 14.8 Å². The second-order valence-corrected chi connectivity index (χ2v) is 6.59. The summed E-state index contributed by atoms with van der Waals surface area (Å²) in [6, 6.07) is 0. The van der Waals surface area contributed by atoms with Crippen molar-refractivity contribution in [2.45, 2.75) is 26.7 Å². The summed E-state index contributed by atoms with van der Waals surface area (Å²) in [7, 11) is -3.30. The maximum absolute atomic E-state index is 11.4. The first-order valence-corrected chi connectivity index (χ1v) is 6.59. The van der Waals surface area contributed by atoms with Gasteiger partial charge in [-0.1, -0.05) is 0 Å². The number of carboxylic acid groups (broad SMARTS) is 1. The molecule has 1 aliphatic rings. The van der Waals surface area contributed by atoms with Gasteiger partial charge in [0.2, 0.25) is 10.0 Å². The Bertz CT molecular complexity index is 343. The van der Waals surface area contributed by atoms with Gasteiger partial charge in [0.15, 0.2) is 0 Å².